The lowest BCUT2D eigenvalue weighted by atomic mass is 9.92. The van der Waals surface area contributed by atoms with Gasteiger partial charge in [-0.25, -0.2) is 19.3 Å². The molecule has 2 aromatic heterocycles. The van der Waals surface area contributed by atoms with Crippen molar-refractivity contribution < 1.29 is 19.1 Å². The number of carbonyl (C=O) groups excluding carboxylic acids is 2. The van der Waals surface area contributed by atoms with Gasteiger partial charge in [0.1, 0.15) is 28.9 Å². The molecule has 1 fully saturated rings. The average molecular weight is 620 g/mol. The topological polar surface area (TPSA) is 123 Å². The van der Waals surface area contributed by atoms with Gasteiger partial charge in [-0.15, -0.1) is 0 Å². The fraction of sp³-hybridized carbons (Fsp3) is 0.257. The Morgan fingerprint density at radius 2 is 1.57 bits per heavy atom. The number of fused-ring (bicyclic) bond motifs is 1. The normalized spacial score (nSPS) is 13.0. The van der Waals surface area contributed by atoms with E-state index in [1.165, 1.54) is 0 Å². The molecule has 6 rings (SSSR count). The van der Waals surface area contributed by atoms with E-state index in [4.69, 9.17) is 14.6 Å². The van der Waals surface area contributed by atoms with Crippen LogP contribution >= 0.6 is 0 Å². The van der Waals surface area contributed by atoms with Gasteiger partial charge in [0, 0.05) is 47.6 Å². The van der Waals surface area contributed by atoms with Crippen molar-refractivity contribution in [3.8, 4) is 22.9 Å². The van der Waals surface area contributed by atoms with Crippen molar-refractivity contribution in [2.24, 2.45) is 0 Å². The molecule has 3 N–H and O–H groups in total. The van der Waals surface area contributed by atoms with Gasteiger partial charge in [-0.2, -0.15) is 5.10 Å². The van der Waals surface area contributed by atoms with E-state index in [1.54, 1.807) is 47.2 Å². The van der Waals surface area contributed by atoms with E-state index in [9.17, 15) is 9.59 Å². The monoisotopic (exact) mass is 619 g/mol. The Labute approximate surface area is 267 Å². The van der Waals surface area contributed by atoms with Crippen molar-refractivity contribution in [2.45, 2.75) is 39.0 Å². The quantitative estimate of drug-likeness (QED) is 0.171. The first-order valence-electron chi connectivity index (χ1n) is 15.2. The van der Waals surface area contributed by atoms with Gasteiger partial charge in [0.25, 0.3) is 0 Å². The molecule has 0 bridgehead atoms. The Bertz CT molecular complexity index is 1870. The molecule has 0 atom stereocenters. The summed E-state index contributed by atoms with van der Waals surface area (Å²) >= 11 is 0. The van der Waals surface area contributed by atoms with Crippen molar-refractivity contribution >= 4 is 40.2 Å². The summed E-state index contributed by atoms with van der Waals surface area (Å²) < 4.78 is 13.3. The number of urea groups is 2. The molecular formula is C35H37N7O4. The molecule has 0 unspecified atom stereocenters. The minimum atomic E-state index is -0.415. The number of nitrogens with one attached hydrogen (secondary N) is 3. The number of carbonyl (C=O) groups is 2. The molecule has 1 aliphatic rings. The van der Waals surface area contributed by atoms with E-state index in [-0.39, 0.29) is 11.4 Å². The van der Waals surface area contributed by atoms with Gasteiger partial charge >= 0.3 is 12.1 Å². The zero-order valence-corrected chi connectivity index (χ0v) is 26.3. The number of likely N-dealkylation sites (tertiary alicyclic amines) is 1. The van der Waals surface area contributed by atoms with Crippen LogP contribution in [0.4, 0.5) is 26.9 Å². The molecule has 3 heterocycles. The van der Waals surface area contributed by atoms with Gasteiger partial charge in [-0.1, -0.05) is 45.0 Å². The standard InChI is InChI=1S/C35H37N7O4/c1-35(2,3)30-22-32(42(40-30)23-11-13-24(45-4)14-12-23)39-33(43)37-28-15-16-29(27-10-6-5-9-26(27)28)46-25-17-18-36-31(21-25)38-34(44)41-19-7-8-20-41/h5-6,9-18,21-22H,7-8,19-20H2,1-4H3,(H,36,38,44)(H2,37,39,43). The lowest BCUT2D eigenvalue weighted by Gasteiger charge is -2.16. The number of aromatic nitrogens is 3. The number of benzene rings is 3. The Hall–Kier alpha value is -5.58. The predicted octanol–water partition coefficient (Wildman–Crippen LogP) is 7.79. The molecule has 1 saturated heterocycles. The van der Waals surface area contributed by atoms with Crippen LogP contribution < -0.4 is 25.4 Å². The minimum Gasteiger partial charge on any atom is -0.497 e. The number of hydrogen-bond donors (Lipinski definition) is 3. The SMILES string of the molecule is COc1ccc(-n2nc(C(C)(C)C)cc2NC(=O)Nc2ccc(Oc3ccnc(NC(=O)N4CCCC4)c3)c3ccccc23)cc1. The summed E-state index contributed by atoms with van der Waals surface area (Å²) in [6.45, 7) is 7.72. The average Bonchev–Trinajstić information content (AvgIpc) is 3.74. The van der Waals surface area contributed by atoms with E-state index in [2.05, 4.69) is 41.7 Å². The highest BCUT2D eigenvalue weighted by Gasteiger charge is 2.22. The third-order valence-electron chi connectivity index (χ3n) is 7.76. The van der Waals surface area contributed by atoms with Crippen LogP contribution in [0.15, 0.2) is 85.1 Å². The molecule has 1 aliphatic heterocycles. The van der Waals surface area contributed by atoms with E-state index < -0.39 is 6.03 Å². The van der Waals surface area contributed by atoms with Crippen LogP contribution in [0.2, 0.25) is 0 Å². The zero-order valence-electron chi connectivity index (χ0n) is 26.3. The lowest BCUT2D eigenvalue weighted by Crippen LogP contribution is -2.32. The van der Waals surface area contributed by atoms with Gasteiger partial charge < -0.3 is 19.7 Å². The van der Waals surface area contributed by atoms with Gasteiger partial charge in [-0.3, -0.25) is 10.6 Å². The number of anilines is 3. The lowest BCUT2D eigenvalue weighted by molar-refractivity contribution is 0.222. The molecule has 5 aromatic rings. The molecule has 3 aromatic carbocycles. The Morgan fingerprint density at radius 3 is 2.28 bits per heavy atom. The van der Waals surface area contributed by atoms with Gasteiger partial charge in [-0.05, 0) is 55.3 Å². The number of pyridine rings is 1. The number of hydrogen-bond acceptors (Lipinski definition) is 6. The maximum atomic E-state index is 13.4. The van der Waals surface area contributed by atoms with E-state index in [1.807, 2.05) is 54.6 Å². The Kier molecular flexibility index (Phi) is 8.47. The van der Waals surface area contributed by atoms with Crippen LogP contribution in [0.1, 0.15) is 39.3 Å². The fourth-order valence-electron chi connectivity index (χ4n) is 5.28. The van der Waals surface area contributed by atoms with Gasteiger partial charge in [0.15, 0.2) is 0 Å². The number of ether oxygens (including phenoxy) is 2. The first kappa shape index (κ1) is 30.4. The maximum absolute atomic E-state index is 13.4. The summed E-state index contributed by atoms with van der Waals surface area (Å²) in [4.78, 5) is 32.0. The first-order valence-corrected chi connectivity index (χ1v) is 15.2. The molecule has 11 nitrogen and oxygen atoms in total. The number of amides is 4. The third-order valence-corrected chi connectivity index (χ3v) is 7.76. The third kappa shape index (κ3) is 6.73. The van der Waals surface area contributed by atoms with E-state index >= 15 is 0 Å². The Morgan fingerprint density at radius 1 is 0.826 bits per heavy atom. The fourth-order valence-corrected chi connectivity index (χ4v) is 5.28. The maximum Gasteiger partial charge on any atom is 0.324 e. The summed E-state index contributed by atoms with van der Waals surface area (Å²) in [5, 5.41) is 15.2. The second-order valence-corrected chi connectivity index (χ2v) is 12.1. The largest absolute Gasteiger partial charge is 0.497 e. The molecule has 0 radical (unpaired) electrons. The predicted molar refractivity (Wildman–Crippen MR) is 180 cm³/mol. The molecule has 4 amide bonds. The highest BCUT2D eigenvalue weighted by atomic mass is 16.5. The van der Waals surface area contributed by atoms with Gasteiger partial charge in [0.05, 0.1) is 24.2 Å². The first-order chi connectivity index (χ1) is 22.2. The number of methoxy groups -OCH3 is 1. The van der Waals surface area contributed by atoms with Crippen molar-refractivity contribution in [1.29, 1.82) is 0 Å². The summed E-state index contributed by atoms with van der Waals surface area (Å²) in [6.07, 6.45) is 3.62. The number of nitrogens with zero attached hydrogens (tertiary/aromatic N) is 4. The van der Waals surface area contributed by atoms with Crippen molar-refractivity contribution in [1.82, 2.24) is 19.7 Å². The van der Waals surface area contributed by atoms with Crippen molar-refractivity contribution in [2.75, 3.05) is 36.1 Å². The summed E-state index contributed by atoms with van der Waals surface area (Å²) in [6, 6.07) is 23.5. The highest BCUT2D eigenvalue weighted by molar-refractivity contribution is 6.07. The molecule has 46 heavy (non-hydrogen) atoms. The van der Waals surface area contributed by atoms with Crippen LogP contribution in [0.5, 0.6) is 17.2 Å². The molecule has 11 heteroatoms. The second-order valence-electron chi connectivity index (χ2n) is 12.1. The molecule has 0 aliphatic carbocycles. The van der Waals surface area contributed by atoms with Crippen molar-refractivity contribution in [3.63, 3.8) is 0 Å². The van der Waals surface area contributed by atoms with E-state index in [0.29, 0.717) is 28.8 Å². The molecule has 236 valence electrons. The van der Waals surface area contributed by atoms with Crippen LogP contribution in [0.25, 0.3) is 16.5 Å². The molecular weight excluding hydrogens is 582 g/mol. The minimum absolute atomic E-state index is 0.164. The van der Waals surface area contributed by atoms with Crippen LogP contribution in [0, 0.1) is 0 Å². The van der Waals surface area contributed by atoms with E-state index in [0.717, 1.165) is 53.8 Å². The summed E-state index contributed by atoms with van der Waals surface area (Å²) in [5.74, 6) is 2.79. The highest BCUT2D eigenvalue weighted by Crippen LogP contribution is 2.35. The zero-order chi connectivity index (χ0) is 32.3. The summed E-state index contributed by atoms with van der Waals surface area (Å²) in [7, 11) is 1.62. The Balaban J connectivity index is 1.21. The molecule has 0 saturated carbocycles. The number of rotatable bonds is 7. The second kappa shape index (κ2) is 12.8. The van der Waals surface area contributed by atoms with Crippen LogP contribution in [-0.2, 0) is 5.41 Å². The van der Waals surface area contributed by atoms with Crippen LogP contribution in [0.3, 0.4) is 0 Å². The molecule has 0 spiro atoms. The van der Waals surface area contributed by atoms with Crippen molar-refractivity contribution in [3.05, 3.63) is 90.8 Å². The van der Waals surface area contributed by atoms with Gasteiger partial charge in [0.2, 0.25) is 0 Å². The van der Waals surface area contributed by atoms with Crippen LogP contribution in [-0.4, -0.2) is 51.9 Å². The smallest absolute Gasteiger partial charge is 0.324 e. The summed E-state index contributed by atoms with van der Waals surface area (Å²) in [5.41, 5.74) is 2.00.